The molecule has 0 aliphatic carbocycles. The molecule has 0 bridgehead atoms. The van der Waals surface area contributed by atoms with E-state index in [1.807, 2.05) is 18.2 Å². The Hall–Kier alpha value is -0.870. The van der Waals surface area contributed by atoms with E-state index in [0.717, 1.165) is 10.4 Å². The van der Waals surface area contributed by atoms with Gasteiger partial charge in [-0.1, -0.05) is 26.0 Å². The molecule has 0 amide bonds. The molecule has 0 aliphatic rings. The third-order valence-electron chi connectivity index (χ3n) is 2.53. The van der Waals surface area contributed by atoms with Crippen LogP contribution in [0.15, 0.2) is 40.3 Å². The first-order chi connectivity index (χ1) is 8.16. The van der Waals surface area contributed by atoms with Gasteiger partial charge >= 0.3 is 0 Å². The predicted octanol–water partition coefficient (Wildman–Crippen LogP) is 4.71. The van der Waals surface area contributed by atoms with Crippen molar-refractivity contribution in [3.63, 3.8) is 0 Å². The van der Waals surface area contributed by atoms with E-state index >= 15 is 0 Å². The van der Waals surface area contributed by atoms with Crippen molar-refractivity contribution >= 4 is 33.1 Å². The van der Waals surface area contributed by atoms with Crippen LogP contribution in [0.4, 0.5) is 5.82 Å². The van der Waals surface area contributed by atoms with Crippen LogP contribution in [-0.2, 0) is 0 Å². The minimum Gasteiger partial charge on any atom is -0.362 e. The van der Waals surface area contributed by atoms with Crippen molar-refractivity contribution in [2.75, 3.05) is 5.32 Å². The highest BCUT2D eigenvalue weighted by Gasteiger charge is 2.16. The van der Waals surface area contributed by atoms with E-state index < -0.39 is 0 Å². The van der Waals surface area contributed by atoms with Gasteiger partial charge in [0.25, 0.3) is 0 Å². The van der Waals surface area contributed by atoms with E-state index in [9.17, 15) is 0 Å². The fourth-order valence-corrected chi connectivity index (χ4v) is 2.98. The van der Waals surface area contributed by atoms with Crippen molar-refractivity contribution in [1.82, 2.24) is 4.98 Å². The zero-order chi connectivity index (χ0) is 12.3. The topological polar surface area (TPSA) is 24.9 Å². The summed E-state index contributed by atoms with van der Waals surface area (Å²) in [6.07, 6.45) is 0. The Morgan fingerprint density at radius 3 is 2.65 bits per heavy atom. The molecule has 2 heterocycles. The molecule has 2 nitrogen and oxygen atoms in total. The van der Waals surface area contributed by atoms with Crippen LogP contribution < -0.4 is 5.32 Å². The van der Waals surface area contributed by atoms with Crippen LogP contribution in [0.25, 0.3) is 0 Å². The van der Waals surface area contributed by atoms with Gasteiger partial charge in [0.1, 0.15) is 10.4 Å². The highest BCUT2D eigenvalue weighted by atomic mass is 79.9. The molecule has 90 valence electrons. The molecule has 0 aliphatic heterocycles. The van der Waals surface area contributed by atoms with Gasteiger partial charge in [-0.3, -0.25) is 0 Å². The summed E-state index contributed by atoms with van der Waals surface area (Å²) in [5.41, 5.74) is 0. The Balaban J connectivity index is 2.19. The monoisotopic (exact) mass is 310 g/mol. The molecule has 17 heavy (non-hydrogen) atoms. The first-order valence-corrected chi connectivity index (χ1v) is 7.26. The lowest BCUT2D eigenvalue weighted by molar-refractivity contribution is 0.552. The summed E-state index contributed by atoms with van der Waals surface area (Å²) < 4.78 is 0.858. The van der Waals surface area contributed by atoms with Crippen LogP contribution in [0.1, 0.15) is 24.8 Å². The summed E-state index contributed by atoms with van der Waals surface area (Å²) in [7, 11) is 0. The fourth-order valence-electron chi connectivity index (χ4n) is 1.68. The minimum absolute atomic E-state index is 0.316. The summed E-state index contributed by atoms with van der Waals surface area (Å²) in [6, 6.07) is 10.5. The highest BCUT2D eigenvalue weighted by Crippen LogP contribution is 2.29. The summed E-state index contributed by atoms with van der Waals surface area (Å²) in [4.78, 5) is 5.76. The second-order valence-corrected chi connectivity index (χ2v) is 6.02. The number of hydrogen-bond donors (Lipinski definition) is 1. The van der Waals surface area contributed by atoms with Crippen LogP contribution in [0.2, 0.25) is 0 Å². The number of anilines is 1. The van der Waals surface area contributed by atoms with Gasteiger partial charge in [-0.05, 0) is 45.4 Å². The van der Waals surface area contributed by atoms with Crippen molar-refractivity contribution in [2.45, 2.75) is 19.9 Å². The summed E-state index contributed by atoms with van der Waals surface area (Å²) in [5.74, 6) is 1.43. The van der Waals surface area contributed by atoms with Crippen LogP contribution in [0.3, 0.4) is 0 Å². The molecule has 2 rings (SSSR count). The third kappa shape index (κ3) is 3.30. The third-order valence-corrected chi connectivity index (χ3v) is 3.93. The van der Waals surface area contributed by atoms with E-state index in [0.29, 0.717) is 12.0 Å². The number of halogens is 1. The van der Waals surface area contributed by atoms with Gasteiger partial charge in [-0.15, -0.1) is 11.3 Å². The van der Waals surface area contributed by atoms with E-state index in [1.165, 1.54) is 4.88 Å². The molecule has 0 aromatic carbocycles. The van der Waals surface area contributed by atoms with E-state index in [4.69, 9.17) is 0 Å². The van der Waals surface area contributed by atoms with Gasteiger partial charge in [0.15, 0.2) is 0 Å². The van der Waals surface area contributed by atoms with Gasteiger partial charge in [0.05, 0.1) is 6.04 Å². The minimum atomic E-state index is 0.316. The lowest BCUT2D eigenvalue weighted by Gasteiger charge is -2.21. The molecule has 0 spiro atoms. The van der Waals surface area contributed by atoms with E-state index in [2.05, 4.69) is 57.6 Å². The fraction of sp³-hybridized carbons (Fsp3) is 0.308. The maximum atomic E-state index is 4.42. The van der Waals surface area contributed by atoms with Gasteiger partial charge in [0, 0.05) is 4.88 Å². The summed E-state index contributed by atoms with van der Waals surface area (Å²) in [5, 5.41) is 5.60. The van der Waals surface area contributed by atoms with E-state index in [1.54, 1.807) is 11.3 Å². The Morgan fingerprint density at radius 2 is 2.06 bits per heavy atom. The zero-order valence-corrected chi connectivity index (χ0v) is 12.3. The van der Waals surface area contributed by atoms with Crippen LogP contribution in [-0.4, -0.2) is 4.98 Å². The highest BCUT2D eigenvalue weighted by molar-refractivity contribution is 9.10. The first-order valence-electron chi connectivity index (χ1n) is 5.59. The average Bonchev–Trinajstić information content (AvgIpc) is 2.78. The zero-order valence-electron chi connectivity index (χ0n) is 9.85. The Kier molecular flexibility index (Phi) is 4.18. The lowest BCUT2D eigenvalue weighted by Crippen LogP contribution is -2.16. The quantitative estimate of drug-likeness (QED) is 0.827. The molecule has 1 atom stereocenters. The van der Waals surface area contributed by atoms with Crippen molar-refractivity contribution in [2.24, 2.45) is 5.92 Å². The van der Waals surface area contributed by atoms with Crippen molar-refractivity contribution in [3.8, 4) is 0 Å². The number of pyridine rings is 1. The molecule has 1 N–H and O–H groups in total. The van der Waals surface area contributed by atoms with Crippen molar-refractivity contribution < 1.29 is 0 Å². The number of aromatic nitrogens is 1. The second-order valence-electron chi connectivity index (χ2n) is 4.23. The molecule has 2 aromatic rings. The number of thiophene rings is 1. The summed E-state index contributed by atoms with van der Waals surface area (Å²) in [6.45, 7) is 4.44. The number of nitrogens with one attached hydrogen (secondary N) is 1. The normalized spacial score (nSPS) is 12.7. The molecule has 0 saturated carbocycles. The predicted molar refractivity (Wildman–Crippen MR) is 77.5 cm³/mol. The summed E-state index contributed by atoms with van der Waals surface area (Å²) >= 11 is 5.17. The Labute approximate surface area is 114 Å². The van der Waals surface area contributed by atoms with Gasteiger partial charge in [0.2, 0.25) is 0 Å². The molecule has 2 aromatic heterocycles. The van der Waals surface area contributed by atoms with E-state index in [-0.39, 0.29) is 0 Å². The van der Waals surface area contributed by atoms with Crippen molar-refractivity contribution in [3.05, 3.63) is 45.2 Å². The SMILES string of the molecule is CC(C)C(Nc1cccc(Br)n1)c1cccs1. The first kappa shape index (κ1) is 12.6. The van der Waals surface area contributed by atoms with Crippen LogP contribution >= 0.6 is 27.3 Å². The maximum absolute atomic E-state index is 4.42. The molecule has 0 saturated heterocycles. The largest absolute Gasteiger partial charge is 0.362 e. The molecule has 0 fully saturated rings. The lowest BCUT2D eigenvalue weighted by atomic mass is 10.0. The van der Waals surface area contributed by atoms with Crippen LogP contribution in [0, 0.1) is 5.92 Å². The average molecular weight is 311 g/mol. The Bertz CT molecular complexity index is 468. The molecule has 4 heteroatoms. The van der Waals surface area contributed by atoms with Gasteiger partial charge < -0.3 is 5.32 Å². The van der Waals surface area contributed by atoms with Gasteiger partial charge in [-0.25, -0.2) is 4.98 Å². The maximum Gasteiger partial charge on any atom is 0.127 e. The number of nitrogens with zero attached hydrogens (tertiary/aromatic N) is 1. The number of rotatable bonds is 4. The van der Waals surface area contributed by atoms with Crippen LogP contribution in [0.5, 0.6) is 0 Å². The number of hydrogen-bond acceptors (Lipinski definition) is 3. The van der Waals surface area contributed by atoms with Crippen molar-refractivity contribution in [1.29, 1.82) is 0 Å². The van der Waals surface area contributed by atoms with Gasteiger partial charge in [-0.2, -0.15) is 0 Å². The molecule has 1 unspecified atom stereocenters. The standard InChI is InChI=1S/C13H15BrN2S/c1-9(2)13(10-5-4-8-17-10)16-12-7-3-6-11(14)15-12/h3-9,13H,1-2H3,(H,15,16). The smallest absolute Gasteiger partial charge is 0.127 e. The molecule has 0 radical (unpaired) electrons. The Morgan fingerprint density at radius 1 is 1.24 bits per heavy atom. The molecular weight excluding hydrogens is 296 g/mol. The molecular formula is C13H15BrN2S. The second kappa shape index (κ2) is 5.65.